The van der Waals surface area contributed by atoms with Gasteiger partial charge in [0, 0.05) is 13.2 Å². The Hall–Kier alpha value is -1.88. The van der Waals surface area contributed by atoms with Crippen molar-refractivity contribution in [2.75, 3.05) is 13.2 Å². The molecule has 1 saturated carbocycles. The van der Waals surface area contributed by atoms with Crippen LogP contribution in [0, 0.1) is 5.92 Å². The van der Waals surface area contributed by atoms with Crippen LogP contribution in [0.3, 0.4) is 0 Å². The fourth-order valence-electron chi connectivity index (χ4n) is 2.76. The lowest BCUT2D eigenvalue weighted by molar-refractivity contribution is -0.120. The number of hydrogen-bond donors (Lipinski definition) is 2. The lowest BCUT2D eigenvalue weighted by atomic mass is 9.80. The van der Waals surface area contributed by atoms with E-state index in [1.807, 2.05) is 6.92 Å². The Bertz CT molecular complexity index is 523. The number of carbonyl (C=O) groups excluding carboxylic acids is 1. The first-order chi connectivity index (χ1) is 10.6. The second-order valence-electron chi connectivity index (χ2n) is 5.74. The van der Waals surface area contributed by atoms with E-state index in [-0.39, 0.29) is 17.9 Å². The van der Waals surface area contributed by atoms with Crippen LogP contribution in [0.1, 0.15) is 42.1 Å². The fraction of sp³-hybridized carbons (Fsp3) is 0.529. The molecule has 0 unspecified atom stereocenters. The summed E-state index contributed by atoms with van der Waals surface area (Å²) < 4.78 is 5.51. The van der Waals surface area contributed by atoms with Gasteiger partial charge in [-0.25, -0.2) is 4.79 Å². The number of nitrogens with one attached hydrogen (secondary N) is 1. The summed E-state index contributed by atoms with van der Waals surface area (Å²) in [6.07, 6.45) is 3.77. The molecule has 0 heterocycles. The van der Waals surface area contributed by atoms with Crippen LogP contribution in [-0.2, 0) is 16.0 Å². The summed E-state index contributed by atoms with van der Waals surface area (Å²) in [5.74, 6) is -0.397. The normalized spacial score (nSPS) is 20.2. The SMILES string of the molecule is CCOC1CC(CCNC(=O)Cc2cccc(C(=O)O)c2)C1. The number of carbonyl (C=O) groups is 2. The third-order valence-corrected chi connectivity index (χ3v) is 4.01. The third kappa shape index (κ3) is 4.84. The number of benzene rings is 1. The number of hydrogen-bond acceptors (Lipinski definition) is 3. The molecule has 0 bridgehead atoms. The Labute approximate surface area is 130 Å². The summed E-state index contributed by atoms with van der Waals surface area (Å²) in [4.78, 5) is 22.8. The van der Waals surface area contributed by atoms with Gasteiger partial charge in [-0.05, 0) is 49.8 Å². The molecule has 1 amide bonds. The molecule has 5 heteroatoms. The molecule has 22 heavy (non-hydrogen) atoms. The number of rotatable bonds is 8. The van der Waals surface area contributed by atoms with Crippen LogP contribution in [-0.4, -0.2) is 36.2 Å². The second-order valence-corrected chi connectivity index (χ2v) is 5.74. The lowest BCUT2D eigenvalue weighted by Crippen LogP contribution is -2.35. The predicted octanol–water partition coefficient (Wildman–Crippen LogP) is 2.25. The second kappa shape index (κ2) is 7.94. The van der Waals surface area contributed by atoms with Crippen LogP contribution in [0.4, 0.5) is 0 Å². The minimum atomic E-state index is -0.976. The fourth-order valence-corrected chi connectivity index (χ4v) is 2.76. The molecule has 0 radical (unpaired) electrons. The zero-order valence-electron chi connectivity index (χ0n) is 12.9. The summed E-state index contributed by atoms with van der Waals surface area (Å²) in [5, 5.41) is 11.8. The van der Waals surface area contributed by atoms with Crippen LogP contribution in [0.25, 0.3) is 0 Å². The van der Waals surface area contributed by atoms with E-state index in [2.05, 4.69) is 5.32 Å². The first kappa shape index (κ1) is 16.5. The molecule has 0 aromatic heterocycles. The van der Waals surface area contributed by atoms with E-state index in [1.54, 1.807) is 18.2 Å². The summed E-state index contributed by atoms with van der Waals surface area (Å²) in [6.45, 7) is 3.44. The molecule has 0 saturated heterocycles. The summed E-state index contributed by atoms with van der Waals surface area (Å²) >= 11 is 0. The van der Waals surface area contributed by atoms with Gasteiger partial charge in [0.15, 0.2) is 0 Å². The van der Waals surface area contributed by atoms with Crippen molar-refractivity contribution in [2.45, 2.75) is 38.7 Å². The van der Waals surface area contributed by atoms with Gasteiger partial charge in [0.05, 0.1) is 18.1 Å². The topological polar surface area (TPSA) is 75.6 Å². The molecule has 1 aromatic rings. The molecule has 1 aliphatic carbocycles. The van der Waals surface area contributed by atoms with Crippen molar-refractivity contribution in [1.29, 1.82) is 0 Å². The van der Waals surface area contributed by atoms with Gasteiger partial charge in [-0.15, -0.1) is 0 Å². The molecule has 1 fully saturated rings. The van der Waals surface area contributed by atoms with Crippen LogP contribution in [0.2, 0.25) is 0 Å². The molecule has 1 aromatic carbocycles. The van der Waals surface area contributed by atoms with Crippen LogP contribution < -0.4 is 5.32 Å². The quantitative estimate of drug-likeness (QED) is 0.772. The minimum absolute atomic E-state index is 0.0665. The number of carboxylic acid groups (broad SMARTS) is 1. The summed E-state index contributed by atoms with van der Waals surface area (Å²) in [5.41, 5.74) is 0.930. The van der Waals surface area contributed by atoms with Gasteiger partial charge in [-0.2, -0.15) is 0 Å². The highest BCUT2D eigenvalue weighted by Gasteiger charge is 2.28. The first-order valence-electron chi connectivity index (χ1n) is 7.79. The highest BCUT2D eigenvalue weighted by molar-refractivity contribution is 5.88. The monoisotopic (exact) mass is 305 g/mol. The predicted molar refractivity (Wildman–Crippen MR) is 82.9 cm³/mol. The van der Waals surface area contributed by atoms with E-state index in [0.29, 0.717) is 18.6 Å². The summed E-state index contributed by atoms with van der Waals surface area (Å²) in [6, 6.07) is 6.49. The van der Waals surface area contributed by atoms with Gasteiger partial charge in [-0.1, -0.05) is 12.1 Å². The van der Waals surface area contributed by atoms with Gasteiger partial charge < -0.3 is 15.2 Å². The third-order valence-electron chi connectivity index (χ3n) is 4.01. The van der Waals surface area contributed by atoms with Gasteiger partial charge >= 0.3 is 5.97 Å². The van der Waals surface area contributed by atoms with Crippen molar-refractivity contribution in [3.8, 4) is 0 Å². The molecule has 0 atom stereocenters. The maximum Gasteiger partial charge on any atom is 0.335 e. The van der Waals surface area contributed by atoms with Crippen molar-refractivity contribution < 1.29 is 19.4 Å². The number of ether oxygens (including phenoxy) is 1. The number of carboxylic acids is 1. The number of aromatic carboxylic acids is 1. The van der Waals surface area contributed by atoms with Crippen LogP contribution >= 0.6 is 0 Å². The van der Waals surface area contributed by atoms with E-state index in [1.165, 1.54) is 6.07 Å². The average Bonchev–Trinajstić information content (AvgIpc) is 2.44. The molecular weight excluding hydrogens is 282 g/mol. The smallest absolute Gasteiger partial charge is 0.335 e. The van der Waals surface area contributed by atoms with Gasteiger partial charge in [0.25, 0.3) is 0 Å². The molecule has 2 rings (SSSR count). The molecular formula is C17H23NO4. The highest BCUT2D eigenvalue weighted by Crippen LogP contribution is 2.32. The average molecular weight is 305 g/mol. The lowest BCUT2D eigenvalue weighted by Gasteiger charge is -2.34. The van der Waals surface area contributed by atoms with E-state index in [9.17, 15) is 9.59 Å². The largest absolute Gasteiger partial charge is 0.478 e. The van der Waals surface area contributed by atoms with Gasteiger partial charge in [0.1, 0.15) is 0 Å². The molecule has 5 nitrogen and oxygen atoms in total. The zero-order valence-corrected chi connectivity index (χ0v) is 12.9. The molecule has 1 aliphatic rings. The maximum atomic E-state index is 11.9. The highest BCUT2D eigenvalue weighted by atomic mass is 16.5. The van der Waals surface area contributed by atoms with E-state index < -0.39 is 5.97 Å². The zero-order chi connectivity index (χ0) is 15.9. The van der Waals surface area contributed by atoms with Crippen molar-refractivity contribution in [3.63, 3.8) is 0 Å². The molecule has 120 valence electrons. The molecule has 2 N–H and O–H groups in total. The van der Waals surface area contributed by atoms with Crippen molar-refractivity contribution in [3.05, 3.63) is 35.4 Å². The van der Waals surface area contributed by atoms with Gasteiger partial charge in [-0.3, -0.25) is 4.79 Å². The standard InChI is InChI=1S/C17H23NO4/c1-2-22-15-9-13(10-15)6-7-18-16(19)11-12-4-3-5-14(8-12)17(20)21/h3-5,8,13,15H,2,6-7,9-11H2,1H3,(H,18,19)(H,20,21). The van der Waals surface area contributed by atoms with E-state index in [4.69, 9.17) is 9.84 Å². The van der Waals surface area contributed by atoms with Crippen LogP contribution in [0.15, 0.2) is 24.3 Å². The maximum absolute atomic E-state index is 11.9. The Morgan fingerprint density at radius 3 is 2.82 bits per heavy atom. The van der Waals surface area contributed by atoms with Crippen molar-refractivity contribution in [1.82, 2.24) is 5.32 Å². The Kier molecular flexibility index (Phi) is 5.95. The van der Waals surface area contributed by atoms with Crippen molar-refractivity contribution in [2.24, 2.45) is 5.92 Å². The summed E-state index contributed by atoms with van der Waals surface area (Å²) in [7, 11) is 0. The van der Waals surface area contributed by atoms with Crippen LogP contribution in [0.5, 0.6) is 0 Å². The minimum Gasteiger partial charge on any atom is -0.478 e. The molecule has 0 aliphatic heterocycles. The van der Waals surface area contributed by atoms with Gasteiger partial charge in [0.2, 0.25) is 5.91 Å². The number of amides is 1. The Morgan fingerprint density at radius 2 is 2.14 bits per heavy atom. The first-order valence-corrected chi connectivity index (χ1v) is 7.79. The van der Waals surface area contributed by atoms with E-state index >= 15 is 0 Å². The Morgan fingerprint density at radius 1 is 1.36 bits per heavy atom. The Balaban J connectivity index is 1.66. The van der Waals surface area contributed by atoms with Crippen molar-refractivity contribution >= 4 is 11.9 Å². The molecule has 0 spiro atoms. The van der Waals surface area contributed by atoms with E-state index in [0.717, 1.165) is 31.4 Å².